The van der Waals surface area contributed by atoms with Crippen LogP contribution in [0.25, 0.3) is 0 Å². The van der Waals surface area contributed by atoms with E-state index in [9.17, 15) is 8.42 Å². The first-order valence-corrected chi connectivity index (χ1v) is 9.22. The van der Waals surface area contributed by atoms with Crippen molar-refractivity contribution >= 4 is 27.3 Å². The molecule has 0 unspecified atom stereocenters. The van der Waals surface area contributed by atoms with Crippen LogP contribution in [0.3, 0.4) is 0 Å². The maximum atomic E-state index is 11.3. The molecule has 0 aromatic heterocycles. The van der Waals surface area contributed by atoms with Crippen LogP contribution in [0.5, 0.6) is 0 Å². The molecule has 5 heteroatoms. The average Bonchev–Trinajstić information content (AvgIpc) is 2.37. The van der Waals surface area contributed by atoms with E-state index in [-0.39, 0.29) is 0 Å². The number of thioether (sulfide) groups is 1. The molecule has 1 aliphatic heterocycles. The van der Waals surface area contributed by atoms with Crippen molar-refractivity contribution in [3.63, 3.8) is 0 Å². The molecule has 1 fully saturated rings. The van der Waals surface area contributed by atoms with Crippen LogP contribution in [-0.4, -0.2) is 32.7 Å². The van der Waals surface area contributed by atoms with E-state index in [1.54, 1.807) is 12.1 Å². The van der Waals surface area contributed by atoms with Gasteiger partial charge in [-0.3, -0.25) is 0 Å². The van der Waals surface area contributed by atoms with E-state index in [1.807, 2.05) is 23.9 Å². The lowest BCUT2D eigenvalue weighted by Gasteiger charge is -2.22. The standard InChI is InChI=1S/C13H19NO2S2/c1-18(15,16)13-4-2-12(3-5-13)14-10-11-6-8-17-9-7-11/h2-5,11,14H,6-10H2,1H3. The molecule has 1 N–H and O–H groups in total. The van der Waals surface area contributed by atoms with Gasteiger partial charge in [0.05, 0.1) is 4.90 Å². The van der Waals surface area contributed by atoms with Gasteiger partial charge in [-0.1, -0.05) is 0 Å². The van der Waals surface area contributed by atoms with Crippen LogP contribution in [0.1, 0.15) is 12.8 Å². The Balaban J connectivity index is 1.90. The molecular formula is C13H19NO2S2. The highest BCUT2D eigenvalue weighted by atomic mass is 32.2. The molecule has 3 nitrogen and oxygen atoms in total. The van der Waals surface area contributed by atoms with Crippen LogP contribution in [0.2, 0.25) is 0 Å². The van der Waals surface area contributed by atoms with E-state index in [0.717, 1.165) is 18.2 Å². The summed E-state index contributed by atoms with van der Waals surface area (Å²) in [7, 11) is -3.09. The molecule has 0 radical (unpaired) electrons. The van der Waals surface area contributed by atoms with Gasteiger partial charge in [-0.15, -0.1) is 0 Å². The number of benzene rings is 1. The van der Waals surface area contributed by atoms with Crippen molar-refractivity contribution in [1.82, 2.24) is 0 Å². The summed E-state index contributed by atoms with van der Waals surface area (Å²) in [5, 5.41) is 3.39. The Bertz CT molecular complexity index is 476. The fourth-order valence-corrected chi connectivity index (χ4v) is 3.87. The lowest BCUT2D eigenvalue weighted by molar-refractivity contribution is 0.516. The molecule has 0 spiro atoms. The number of hydrogen-bond donors (Lipinski definition) is 1. The Hall–Kier alpha value is -0.680. The molecule has 0 saturated carbocycles. The third kappa shape index (κ3) is 3.92. The van der Waals surface area contributed by atoms with Gasteiger partial charge in [0.15, 0.2) is 9.84 Å². The third-order valence-electron chi connectivity index (χ3n) is 3.22. The van der Waals surface area contributed by atoms with Crippen molar-refractivity contribution in [3.8, 4) is 0 Å². The van der Waals surface area contributed by atoms with E-state index in [0.29, 0.717) is 4.90 Å². The molecule has 1 heterocycles. The fourth-order valence-electron chi connectivity index (χ4n) is 2.03. The highest BCUT2D eigenvalue weighted by molar-refractivity contribution is 7.99. The summed E-state index contributed by atoms with van der Waals surface area (Å²) in [6, 6.07) is 7.00. The predicted octanol–water partition coefficient (Wildman–Crippen LogP) is 2.65. The van der Waals surface area contributed by atoms with E-state index in [1.165, 1.54) is 30.6 Å². The van der Waals surface area contributed by atoms with Crippen molar-refractivity contribution in [2.75, 3.05) is 29.6 Å². The highest BCUT2D eigenvalue weighted by Gasteiger charge is 2.13. The molecule has 100 valence electrons. The number of nitrogens with one attached hydrogen (secondary N) is 1. The van der Waals surface area contributed by atoms with Crippen LogP contribution in [0.4, 0.5) is 5.69 Å². The Morgan fingerprint density at radius 3 is 2.39 bits per heavy atom. The van der Waals surface area contributed by atoms with E-state index in [2.05, 4.69) is 5.32 Å². The van der Waals surface area contributed by atoms with Gasteiger partial charge in [-0.2, -0.15) is 11.8 Å². The zero-order valence-electron chi connectivity index (χ0n) is 10.6. The van der Waals surface area contributed by atoms with Gasteiger partial charge in [0.1, 0.15) is 0 Å². The first kappa shape index (κ1) is 13.7. The second kappa shape index (κ2) is 5.97. The van der Waals surface area contributed by atoms with Crippen LogP contribution < -0.4 is 5.32 Å². The minimum Gasteiger partial charge on any atom is -0.385 e. The molecule has 1 saturated heterocycles. The zero-order valence-corrected chi connectivity index (χ0v) is 12.2. The number of rotatable bonds is 4. The van der Waals surface area contributed by atoms with Crippen molar-refractivity contribution < 1.29 is 8.42 Å². The molecule has 2 rings (SSSR count). The van der Waals surface area contributed by atoms with Gasteiger partial charge >= 0.3 is 0 Å². The maximum Gasteiger partial charge on any atom is 0.175 e. The summed E-state index contributed by atoms with van der Waals surface area (Å²) in [4.78, 5) is 0.377. The molecule has 18 heavy (non-hydrogen) atoms. The van der Waals surface area contributed by atoms with Crippen molar-refractivity contribution in [3.05, 3.63) is 24.3 Å². The van der Waals surface area contributed by atoms with Crippen molar-refractivity contribution in [1.29, 1.82) is 0 Å². The fraction of sp³-hybridized carbons (Fsp3) is 0.538. The van der Waals surface area contributed by atoms with E-state index in [4.69, 9.17) is 0 Å². The van der Waals surface area contributed by atoms with Crippen LogP contribution in [-0.2, 0) is 9.84 Å². The van der Waals surface area contributed by atoms with Gasteiger partial charge in [0, 0.05) is 18.5 Å². The zero-order chi connectivity index (χ0) is 13.0. The maximum absolute atomic E-state index is 11.3. The Morgan fingerprint density at radius 1 is 1.22 bits per heavy atom. The Labute approximate surface area is 113 Å². The molecular weight excluding hydrogens is 266 g/mol. The SMILES string of the molecule is CS(=O)(=O)c1ccc(NCC2CCSCC2)cc1. The first-order chi connectivity index (χ1) is 8.55. The topological polar surface area (TPSA) is 46.2 Å². The highest BCUT2D eigenvalue weighted by Crippen LogP contribution is 2.23. The monoisotopic (exact) mass is 285 g/mol. The van der Waals surface area contributed by atoms with Gasteiger partial charge in [0.25, 0.3) is 0 Å². The predicted molar refractivity (Wildman–Crippen MR) is 78.1 cm³/mol. The van der Waals surface area contributed by atoms with Crippen molar-refractivity contribution in [2.45, 2.75) is 17.7 Å². The first-order valence-electron chi connectivity index (χ1n) is 6.17. The molecule has 0 aliphatic carbocycles. The van der Waals surface area contributed by atoms with Crippen LogP contribution >= 0.6 is 11.8 Å². The molecule has 0 atom stereocenters. The molecule has 1 aromatic rings. The lowest BCUT2D eigenvalue weighted by Crippen LogP contribution is -2.19. The summed E-state index contributed by atoms with van der Waals surface area (Å²) in [6.07, 6.45) is 3.79. The summed E-state index contributed by atoms with van der Waals surface area (Å²) in [6.45, 7) is 0.985. The number of hydrogen-bond acceptors (Lipinski definition) is 4. The summed E-state index contributed by atoms with van der Waals surface area (Å²) in [5.74, 6) is 3.28. The average molecular weight is 285 g/mol. The third-order valence-corrected chi connectivity index (χ3v) is 5.40. The Kier molecular flexibility index (Phi) is 4.56. The van der Waals surface area contributed by atoms with Crippen LogP contribution in [0.15, 0.2) is 29.2 Å². The van der Waals surface area contributed by atoms with Gasteiger partial charge in [-0.05, 0) is 54.5 Å². The van der Waals surface area contributed by atoms with Gasteiger partial charge in [0.2, 0.25) is 0 Å². The Morgan fingerprint density at radius 2 is 1.83 bits per heavy atom. The largest absolute Gasteiger partial charge is 0.385 e. The summed E-state index contributed by atoms with van der Waals surface area (Å²) >= 11 is 2.03. The molecule has 0 bridgehead atoms. The van der Waals surface area contributed by atoms with Gasteiger partial charge in [-0.25, -0.2) is 8.42 Å². The smallest absolute Gasteiger partial charge is 0.175 e. The van der Waals surface area contributed by atoms with E-state index < -0.39 is 9.84 Å². The van der Waals surface area contributed by atoms with Gasteiger partial charge < -0.3 is 5.32 Å². The summed E-state index contributed by atoms with van der Waals surface area (Å²) < 4.78 is 22.7. The quantitative estimate of drug-likeness (QED) is 0.924. The van der Waals surface area contributed by atoms with Crippen LogP contribution in [0, 0.1) is 5.92 Å². The van der Waals surface area contributed by atoms with E-state index >= 15 is 0 Å². The molecule has 0 amide bonds. The number of sulfone groups is 1. The second-order valence-corrected chi connectivity index (χ2v) is 7.97. The molecule has 1 aromatic carbocycles. The summed E-state index contributed by atoms with van der Waals surface area (Å²) in [5.41, 5.74) is 1.00. The molecule has 1 aliphatic rings. The number of anilines is 1. The normalized spacial score (nSPS) is 17.6. The minimum atomic E-state index is -3.09. The minimum absolute atomic E-state index is 0.377. The second-order valence-electron chi connectivity index (χ2n) is 4.73. The van der Waals surface area contributed by atoms with Crippen molar-refractivity contribution in [2.24, 2.45) is 5.92 Å². The lowest BCUT2D eigenvalue weighted by atomic mass is 10.0.